The highest BCUT2D eigenvalue weighted by atomic mass is 35.5. The molecule has 0 bridgehead atoms. The van der Waals surface area contributed by atoms with Gasteiger partial charge in [-0.2, -0.15) is 5.10 Å². The van der Waals surface area contributed by atoms with Crippen LogP contribution in [-0.2, 0) is 9.47 Å². The largest absolute Gasteiger partial charge is 0.396 e. The number of ether oxygens (including phenoxy) is 2. The maximum Gasteiger partial charge on any atom is 0.194 e. The second kappa shape index (κ2) is 10.2. The number of thioether (sulfide) groups is 1. The summed E-state index contributed by atoms with van der Waals surface area (Å²) in [6, 6.07) is 2.79. The quantitative estimate of drug-likeness (QED) is 0.361. The standard InChI is InChI=1S/C25H24ClF3N4O5S/c26-14-3-18(23(30-5-14)32-8-25(9-32,10-34)11-35)39-24-21(36)20(22-17(38-24)7-37-22)33-6-13(4-31-33)12-1-15(27)19(29)16(28)2-12/h1-6,17,20-22,24,34-36H,7-11H2. The maximum atomic E-state index is 13.8. The zero-order valence-corrected chi connectivity index (χ0v) is 21.8. The predicted octanol–water partition coefficient (Wildman–Crippen LogP) is 2.62. The van der Waals surface area contributed by atoms with Crippen molar-refractivity contribution in [1.82, 2.24) is 14.8 Å². The number of benzene rings is 1. The van der Waals surface area contributed by atoms with Crippen LogP contribution in [0.5, 0.6) is 0 Å². The van der Waals surface area contributed by atoms with Gasteiger partial charge in [-0.25, -0.2) is 18.2 Å². The first-order valence-electron chi connectivity index (χ1n) is 12.1. The van der Waals surface area contributed by atoms with E-state index in [1.165, 1.54) is 35.0 Å². The molecular formula is C25H24ClF3N4O5S. The van der Waals surface area contributed by atoms with Crippen LogP contribution >= 0.6 is 23.4 Å². The maximum absolute atomic E-state index is 13.8. The van der Waals surface area contributed by atoms with Crippen LogP contribution in [0.2, 0.25) is 5.02 Å². The molecule has 0 radical (unpaired) electrons. The smallest absolute Gasteiger partial charge is 0.194 e. The SMILES string of the molecule is OCC1(CO)CN(c2ncc(Cl)cc2SC2OC3COC3C(n3cc(-c4cc(F)c(F)c(F)c4)cn3)C2O)C1. The Bertz CT molecular complexity index is 1360. The van der Waals surface area contributed by atoms with Crippen molar-refractivity contribution in [2.75, 3.05) is 37.8 Å². The fourth-order valence-electron chi connectivity index (χ4n) is 5.13. The average molecular weight is 585 g/mol. The number of fused-ring (bicyclic) bond motifs is 1. The Hall–Kier alpha value is -2.39. The number of hydrogen-bond donors (Lipinski definition) is 3. The van der Waals surface area contributed by atoms with Crippen molar-refractivity contribution in [3.05, 3.63) is 59.3 Å². The second-order valence-corrected chi connectivity index (χ2v) is 11.6. The van der Waals surface area contributed by atoms with E-state index in [1.807, 2.05) is 4.90 Å². The molecule has 5 heterocycles. The third-order valence-electron chi connectivity index (χ3n) is 7.38. The van der Waals surface area contributed by atoms with E-state index in [2.05, 4.69) is 10.1 Å². The summed E-state index contributed by atoms with van der Waals surface area (Å²) in [5, 5.41) is 35.4. The Kier molecular flexibility index (Phi) is 7.03. The third-order valence-corrected chi connectivity index (χ3v) is 8.77. The van der Waals surface area contributed by atoms with Crippen LogP contribution in [0.25, 0.3) is 11.1 Å². The molecule has 6 rings (SSSR count). The molecule has 1 aromatic carbocycles. The fraction of sp³-hybridized carbons (Fsp3) is 0.440. The predicted molar refractivity (Wildman–Crippen MR) is 135 cm³/mol. The van der Waals surface area contributed by atoms with Crippen molar-refractivity contribution < 1.29 is 38.0 Å². The van der Waals surface area contributed by atoms with Crippen LogP contribution in [0, 0.1) is 22.9 Å². The van der Waals surface area contributed by atoms with E-state index in [0.717, 1.165) is 12.1 Å². The molecule has 3 aliphatic heterocycles. The first-order chi connectivity index (χ1) is 18.7. The number of halogens is 4. The van der Waals surface area contributed by atoms with E-state index in [1.54, 1.807) is 6.07 Å². The summed E-state index contributed by atoms with van der Waals surface area (Å²) < 4.78 is 54.3. The number of hydrogen-bond acceptors (Lipinski definition) is 9. The van der Waals surface area contributed by atoms with Gasteiger partial charge in [-0.15, -0.1) is 0 Å². The van der Waals surface area contributed by atoms with E-state index in [-0.39, 0.29) is 24.9 Å². The minimum absolute atomic E-state index is 0.0993. The number of rotatable bonds is 7. The molecule has 2 aromatic heterocycles. The summed E-state index contributed by atoms with van der Waals surface area (Å²) in [5.74, 6) is -3.59. The highest BCUT2D eigenvalue weighted by Gasteiger charge is 2.53. The molecule has 0 spiro atoms. The Labute approximate surface area is 230 Å². The van der Waals surface area contributed by atoms with Crippen molar-refractivity contribution in [2.24, 2.45) is 5.41 Å². The van der Waals surface area contributed by atoms with Crippen molar-refractivity contribution in [3.63, 3.8) is 0 Å². The van der Waals surface area contributed by atoms with Gasteiger partial charge in [0, 0.05) is 31.0 Å². The molecule has 0 saturated carbocycles. The molecule has 3 fully saturated rings. The molecule has 3 aromatic rings. The van der Waals surface area contributed by atoms with Crippen molar-refractivity contribution in [2.45, 2.75) is 34.7 Å². The number of nitrogens with zero attached hydrogens (tertiary/aromatic N) is 4. The molecule has 0 amide bonds. The average Bonchev–Trinajstić information content (AvgIpc) is 3.37. The third kappa shape index (κ3) is 4.69. The van der Waals surface area contributed by atoms with Gasteiger partial charge in [-0.3, -0.25) is 4.68 Å². The zero-order chi connectivity index (χ0) is 27.5. The van der Waals surface area contributed by atoms with Crippen molar-refractivity contribution in [3.8, 4) is 11.1 Å². The van der Waals surface area contributed by atoms with Crippen LogP contribution in [0.1, 0.15) is 6.04 Å². The molecule has 0 aliphatic carbocycles. The van der Waals surface area contributed by atoms with E-state index in [4.69, 9.17) is 21.1 Å². The van der Waals surface area contributed by atoms with Gasteiger partial charge in [0.15, 0.2) is 17.5 Å². The number of pyridine rings is 1. The van der Waals surface area contributed by atoms with Gasteiger partial charge in [0.25, 0.3) is 0 Å². The molecule has 3 saturated heterocycles. The summed E-state index contributed by atoms with van der Waals surface area (Å²) in [6.07, 6.45) is 2.43. The topological polar surface area (TPSA) is 113 Å². The monoisotopic (exact) mass is 584 g/mol. The lowest BCUT2D eigenvalue weighted by molar-refractivity contribution is -0.266. The molecule has 14 heteroatoms. The van der Waals surface area contributed by atoms with E-state index < -0.39 is 46.6 Å². The Morgan fingerprint density at radius 1 is 1.08 bits per heavy atom. The summed E-state index contributed by atoms with van der Waals surface area (Å²) in [4.78, 5) is 7.01. The van der Waals surface area contributed by atoms with Crippen LogP contribution < -0.4 is 4.90 Å². The number of aromatic nitrogens is 3. The van der Waals surface area contributed by atoms with Crippen LogP contribution in [0.4, 0.5) is 19.0 Å². The minimum Gasteiger partial charge on any atom is -0.396 e. The molecule has 5 unspecified atom stereocenters. The Morgan fingerprint density at radius 3 is 2.44 bits per heavy atom. The summed E-state index contributed by atoms with van der Waals surface area (Å²) in [5.41, 5.74) is -0.946. The summed E-state index contributed by atoms with van der Waals surface area (Å²) in [7, 11) is 0. The lowest BCUT2D eigenvalue weighted by atomic mass is 9.81. The highest BCUT2D eigenvalue weighted by Crippen LogP contribution is 2.46. The van der Waals surface area contributed by atoms with E-state index in [0.29, 0.717) is 41.0 Å². The van der Waals surface area contributed by atoms with Gasteiger partial charge < -0.3 is 29.7 Å². The van der Waals surface area contributed by atoms with Crippen LogP contribution in [0.3, 0.4) is 0 Å². The number of aliphatic hydroxyl groups is 3. The summed E-state index contributed by atoms with van der Waals surface area (Å²) in [6.45, 7) is 0.800. The lowest BCUT2D eigenvalue weighted by Gasteiger charge is -2.51. The van der Waals surface area contributed by atoms with Gasteiger partial charge in [0.1, 0.15) is 35.6 Å². The highest BCUT2D eigenvalue weighted by molar-refractivity contribution is 8.00. The molecule has 3 N–H and O–H groups in total. The van der Waals surface area contributed by atoms with Crippen LogP contribution in [-0.4, -0.2) is 86.7 Å². The van der Waals surface area contributed by atoms with Crippen molar-refractivity contribution >= 4 is 29.2 Å². The van der Waals surface area contributed by atoms with Crippen molar-refractivity contribution in [1.29, 1.82) is 0 Å². The normalized spacial score (nSPS) is 27.6. The molecule has 5 atom stereocenters. The zero-order valence-electron chi connectivity index (χ0n) is 20.3. The number of anilines is 1. The van der Waals surface area contributed by atoms with Gasteiger partial charge in [0.05, 0.1) is 41.4 Å². The first kappa shape index (κ1) is 26.8. The Balaban J connectivity index is 1.25. The number of aliphatic hydroxyl groups excluding tert-OH is 3. The Morgan fingerprint density at radius 2 is 1.79 bits per heavy atom. The molecule has 208 valence electrons. The molecular weight excluding hydrogens is 561 g/mol. The molecule has 9 nitrogen and oxygen atoms in total. The molecule has 3 aliphatic rings. The van der Waals surface area contributed by atoms with Crippen LogP contribution in [0.15, 0.2) is 41.7 Å². The molecule has 39 heavy (non-hydrogen) atoms. The lowest BCUT2D eigenvalue weighted by Crippen LogP contribution is -2.62. The van der Waals surface area contributed by atoms with E-state index in [9.17, 15) is 28.5 Å². The van der Waals surface area contributed by atoms with Gasteiger partial charge in [-0.1, -0.05) is 23.4 Å². The first-order valence-corrected chi connectivity index (χ1v) is 13.4. The summed E-state index contributed by atoms with van der Waals surface area (Å²) >= 11 is 7.47. The van der Waals surface area contributed by atoms with Gasteiger partial charge in [-0.05, 0) is 23.8 Å². The fourth-order valence-corrected chi connectivity index (χ4v) is 6.59. The van der Waals surface area contributed by atoms with E-state index >= 15 is 0 Å². The minimum atomic E-state index is -1.55. The van der Waals surface area contributed by atoms with Gasteiger partial charge in [0.2, 0.25) is 0 Å². The van der Waals surface area contributed by atoms with Gasteiger partial charge >= 0.3 is 0 Å². The second-order valence-electron chi connectivity index (χ2n) is 10.1.